The van der Waals surface area contributed by atoms with Gasteiger partial charge in [-0.15, -0.1) is 0 Å². The van der Waals surface area contributed by atoms with Gasteiger partial charge in [0.15, 0.2) is 0 Å². The van der Waals surface area contributed by atoms with E-state index in [1.54, 1.807) is 0 Å². The van der Waals surface area contributed by atoms with Gasteiger partial charge >= 0.3 is 12.0 Å². The number of carbonyl (C=O) groups is 2. The number of hydrogen-bond acceptors (Lipinski definition) is 5. The number of benzene rings is 2. The van der Waals surface area contributed by atoms with Crippen molar-refractivity contribution in [3.8, 4) is 0 Å². The number of urea groups is 1. The van der Waals surface area contributed by atoms with Gasteiger partial charge in [-0.25, -0.2) is 9.59 Å². The predicted octanol–water partition coefficient (Wildman–Crippen LogP) is 3.51. The monoisotopic (exact) mass is 468 g/mol. The van der Waals surface area contributed by atoms with E-state index >= 15 is 0 Å². The Kier molecular flexibility index (Phi) is 7.20. The Hall–Kier alpha value is -3.03. The maximum Gasteiger partial charge on any atom is 0.338 e. The molecule has 7 nitrogen and oxygen atoms in total. The first-order valence-electron chi connectivity index (χ1n) is 11.2. The Labute approximate surface area is 199 Å². The van der Waals surface area contributed by atoms with Gasteiger partial charge in [0, 0.05) is 49.1 Å². The smallest absolute Gasteiger partial charge is 0.338 e. The molecule has 0 bridgehead atoms. The lowest BCUT2D eigenvalue weighted by Gasteiger charge is -2.38. The first-order chi connectivity index (χ1) is 16.0. The summed E-state index contributed by atoms with van der Waals surface area (Å²) in [5.41, 5.74) is 4.23. The van der Waals surface area contributed by atoms with Gasteiger partial charge in [0.25, 0.3) is 0 Å². The van der Waals surface area contributed by atoms with Gasteiger partial charge in [-0.2, -0.15) is 0 Å². The maximum atomic E-state index is 12.8. The molecule has 1 atom stereocenters. The van der Waals surface area contributed by atoms with Crippen molar-refractivity contribution >= 4 is 29.3 Å². The molecule has 2 amide bonds. The van der Waals surface area contributed by atoms with Crippen LogP contribution >= 0.6 is 11.6 Å². The highest BCUT2D eigenvalue weighted by atomic mass is 35.5. The molecule has 4 rings (SSSR count). The maximum absolute atomic E-state index is 12.8. The number of methoxy groups -OCH3 is 1. The molecular weight excluding hydrogens is 440 g/mol. The summed E-state index contributed by atoms with van der Waals surface area (Å²) in [6, 6.07) is 14.9. The van der Waals surface area contributed by atoms with Crippen molar-refractivity contribution < 1.29 is 14.3 Å². The normalized spacial score (nSPS) is 19.2. The molecule has 1 fully saturated rings. The third-order valence-electron chi connectivity index (χ3n) is 6.23. The number of hydrogen-bond donors (Lipinski definition) is 2. The average molecular weight is 469 g/mol. The third kappa shape index (κ3) is 5.31. The summed E-state index contributed by atoms with van der Waals surface area (Å²) in [4.78, 5) is 29.8. The molecule has 2 aromatic carbocycles. The lowest BCUT2D eigenvalue weighted by molar-refractivity contribution is -0.136. The van der Waals surface area contributed by atoms with Crippen molar-refractivity contribution in [3.63, 3.8) is 0 Å². The molecule has 0 aromatic heterocycles. The third-order valence-corrected chi connectivity index (χ3v) is 6.48. The second-order valence-corrected chi connectivity index (χ2v) is 8.69. The van der Waals surface area contributed by atoms with E-state index in [4.69, 9.17) is 16.3 Å². The lowest BCUT2D eigenvalue weighted by Crippen LogP contribution is -2.51. The van der Waals surface area contributed by atoms with Crippen LogP contribution in [0.4, 0.5) is 10.5 Å². The van der Waals surface area contributed by atoms with Gasteiger partial charge in [-0.3, -0.25) is 4.90 Å². The molecule has 0 spiro atoms. The van der Waals surface area contributed by atoms with Gasteiger partial charge in [0.05, 0.1) is 18.7 Å². The molecule has 2 N–H and O–H groups in total. The molecule has 2 aliphatic heterocycles. The fraction of sp³-hybridized carbons (Fsp3) is 0.360. The van der Waals surface area contributed by atoms with Gasteiger partial charge < -0.3 is 20.3 Å². The quantitative estimate of drug-likeness (QED) is 0.635. The van der Waals surface area contributed by atoms with E-state index in [0.29, 0.717) is 17.8 Å². The van der Waals surface area contributed by atoms with Crippen molar-refractivity contribution in [1.82, 2.24) is 15.5 Å². The number of ether oxygens (including phenoxy) is 1. The number of esters is 1. The number of aryl methyl sites for hydroxylation is 1. The minimum Gasteiger partial charge on any atom is -0.466 e. The number of rotatable bonds is 6. The largest absolute Gasteiger partial charge is 0.466 e. The number of anilines is 1. The lowest BCUT2D eigenvalue weighted by atomic mass is 9.94. The number of nitrogens with one attached hydrogen (secondary N) is 2. The summed E-state index contributed by atoms with van der Waals surface area (Å²) in [5, 5.41) is 6.47. The topological polar surface area (TPSA) is 73.9 Å². The Morgan fingerprint density at radius 2 is 1.73 bits per heavy atom. The van der Waals surface area contributed by atoms with Gasteiger partial charge in [-0.1, -0.05) is 42.8 Å². The zero-order valence-electron chi connectivity index (χ0n) is 18.9. The van der Waals surface area contributed by atoms with Crippen molar-refractivity contribution in [2.75, 3.05) is 44.7 Å². The Morgan fingerprint density at radius 3 is 2.33 bits per heavy atom. The number of nitrogens with zero attached hydrogens (tertiary/aromatic N) is 2. The average Bonchev–Trinajstić information content (AvgIpc) is 2.84. The van der Waals surface area contributed by atoms with Crippen LogP contribution in [-0.2, 0) is 16.0 Å². The van der Waals surface area contributed by atoms with Crippen molar-refractivity contribution in [2.45, 2.75) is 19.4 Å². The molecular formula is C25H29ClN4O3. The molecule has 0 radical (unpaired) electrons. The van der Waals surface area contributed by atoms with E-state index in [1.165, 1.54) is 12.7 Å². The predicted molar refractivity (Wildman–Crippen MR) is 129 cm³/mol. The van der Waals surface area contributed by atoms with Crippen LogP contribution in [0.3, 0.4) is 0 Å². The van der Waals surface area contributed by atoms with Crippen LogP contribution < -0.4 is 15.5 Å². The summed E-state index contributed by atoms with van der Waals surface area (Å²) >= 11 is 6.01. The van der Waals surface area contributed by atoms with E-state index in [0.717, 1.165) is 48.9 Å². The second-order valence-electron chi connectivity index (χ2n) is 8.25. The van der Waals surface area contributed by atoms with Crippen molar-refractivity contribution in [3.05, 3.63) is 76.0 Å². The van der Waals surface area contributed by atoms with E-state index in [1.807, 2.05) is 48.5 Å². The number of amides is 2. The first-order valence-corrected chi connectivity index (χ1v) is 11.6. The number of piperazine rings is 1. The van der Waals surface area contributed by atoms with Crippen LogP contribution in [0.1, 0.15) is 24.1 Å². The van der Waals surface area contributed by atoms with Crippen LogP contribution in [0, 0.1) is 0 Å². The number of halogens is 1. The van der Waals surface area contributed by atoms with Crippen LogP contribution in [-0.4, -0.2) is 56.7 Å². The van der Waals surface area contributed by atoms with Crippen LogP contribution in [0.5, 0.6) is 0 Å². The second kappa shape index (κ2) is 10.3. The van der Waals surface area contributed by atoms with Crippen LogP contribution in [0.2, 0.25) is 5.02 Å². The van der Waals surface area contributed by atoms with Crippen LogP contribution in [0.15, 0.2) is 59.8 Å². The molecule has 2 aromatic rings. The SMILES string of the molecule is CCc1ccc([C@H]2NC(=O)NC(CN3CCN(c4ccc(Cl)cc4)CC3)=C2C(=O)OC)cc1. The van der Waals surface area contributed by atoms with Gasteiger partial charge in [0.1, 0.15) is 0 Å². The van der Waals surface area contributed by atoms with Crippen molar-refractivity contribution in [2.24, 2.45) is 0 Å². The first kappa shape index (κ1) is 23.1. The van der Waals surface area contributed by atoms with Gasteiger partial charge in [0.2, 0.25) is 0 Å². The van der Waals surface area contributed by atoms with Crippen molar-refractivity contribution in [1.29, 1.82) is 0 Å². The Bertz CT molecular complexity index is 1030. The van der Waals surface area contributed by atoms with Crippen LogP contribution in [0.25, 0.3) is 0 Å². The number of carbonyl (C=O) groups excluding carboxylic acids is 2. The minimum absolute atomic E-state index is 0.318. The summed E-state index contributed by atoms with van der Waals surface area (Å²) in [7, 11) is 1.37. The molecule has 1 saturated heterocycles. The summed E-state index contributed by atoms with van der Waals surface area (Å²) < 4.78 is 5.10. The zero-order chi connectivity index (χ0) is 23.4. The molecule has 0 aliphatic carbocycles. The highest BCUT2D eigenvalue weighted by Crippen LogP contribution is 2.29. The molecule has 0 saturated carbocycles. The molecule has 2 aliphatic rings. The van der Waals surface area contributed by atoms with E-state index in [9.17, 15) is 9.59 Å². The Balaban J connectivity index is 1.53. The molecule has 0 unspecified atom stereocenters. The molecule has 2 heterocycles. The summed E-state index contributed by atoms with van der Waals surface area (Å²) in [6.07, 6.45) is 0.922. The molecule has 8 heteroatoms. The highest BCUT2D eigenvalue weighted by Gasteiger charge is 2.34. The standard InChI is InChI=1S/C25H29ClN4O3/c1-3-17-4-6-18(7-5-17)23-22(24(31)33-2)21(27-25(32)28-23)16-29-12-14-30(15-13-29)20-10-8-19(26)9-11-20/h4-11,23H,3,12-16H2,1-2H3,(H2,27,28,32)/t23-/m1/s1. The van der Waals surface area contributed by atoms with E-state index in [-0.39, 0.29) is 6.03 Å². The zero-order valence-corrected chi connectivity index (χ0v) is 19.7. The van der Waals surface area contributed by atoms with Gasteiger partial charge in [-0.05, 0) is 41.8 Å². The van der Waals surface area contributed by atoms with E-state index < -0.39 is 12.0 Å². The fourth-order valence-corrected chi connectivity index (χ4v) is 4.46. The summed E-state index contributed by atoms with van der Waals surface area (Å²) in [5.74, 6) is -0.443. The fourth-order valence-electron chi connectivity index (χ4n) is 4.33. The Morgan fingerprint density at radius 1 is 1.06 bits per heavy atom. The highest BCUT2D eigenvalue weighted by molar-refractivity contribution is 6.30. The van der Waals surface area contributed by atoms with E-state index in [2.05, 4.69) is 27.4 Å². The summed E-state index contributed by atoms with van der Waals surface area (Å²) in [6.45, 7) is 5.86. The molecule has 174 valence electrons. The minimum atomic E-state index is -0.553. The molecule has 33 heavy (non-hydrogen) atoms.